The fourth-order valence-electron chi connectivity index (χ4n) is 1.86. The van der Waals surface area contributed by atoms with Crippen LogP contribution in [0.15, 0.2) is 24.4 Å². The second-order valence-electron chi connectivity index (χ2n) is 4.50. The van der Waals surface area contributed by atoms with Crippen LogP contribution in [0.1, 0.15) is 13.3 Å². The molecule has 6 nitrogen and oxygen atoms in total. The summed E-state index contributed by atoms with van der Waals surface area (Å²) in [6.45, 7) is 8.08. The van der Waals surface area contributed by atoms with E-state index in [2.05, 4.69) is 17.2 Å². The van der Waals surface area contributed by atoms with Gasteiger partial charge in [0, 0.05) is 38.4 Å². The molecular formula is C13H21N3O3. The van der Waals surface area contributed by atoms with E-state index in [1.165, 1.54) is 24.1 Å². The Balaban J connectivity index is 2.59. The summed E-state index contributed by atoms with van der Waals surface area (Å²) in [5.74, 6) is -1.32. The minimum Gasteiger partial charge on any atom is -0.478 e. The largest absolute Gasteiger partial charge is 0.478 e. The number of carbonyl (C=O) groups is 2. The van der Waals surface area contributed by atoms with Crippen molar-refractivity contribution in [3.63, 3.8) is 0 Å². The zero-order valence-corrected chi connectivity index (χ0v) is 11.2. The summed E-state index contributed by atoms with van der Waals surface area (Å²) in [6, 6.07) is 0.299. The molecule has 0 aromatic heterocycles. The summed E-state index contributed by atoms with van der Waals surface area (Å²) in [5, 5.41) is 15.5. The lowest BCUT2D eigenvalue weighted by Crippen LogP contribution is -2.49. The molecule has 1 saturated heterocycles. The quantitative estimate of drug-likeness (QED) is 0.587. The molecule has 0 aromatic carbocycles. The molecule has 1 rings (SSSR count). The number of aliphatic carboxylic acids is 1. The van der Waals surface area contributed by atoms with Gasteiger partial charge in [0.05, 0.1) is 5.57 Å². The lowest BCUT2D eigenvalue weighted by atomic mass is 10.1. The molecule has 1 heterocycles. The second kappa shape index (κ2) is 7.70. The van der Waals surface area contributed by atoms with Crippen LogP contribution in [0.2, 0.25) is 0 Å². The molecule has 0 spiro atoms. The van der Waals surface area contributed by atoms with Crippen LogP contribution in [0.4, 0.5) is 0 Å². The Morgan fingerprint density at radius 1 is 1.47 bits per heavy atom. The number of hydrogen-bond acceptors (Lipinski definition) is 4. The van der Waals surface area contributed by atoms with Gasteiger partial charge in [-0.05, 0) is 19.4 Å². The van der Waals surface area contributed by atoms with Gasteiger partial charge >= 0.3 is 5.97 Å². The van der Waals surface area contributed by atoms with E-state index < -0.39 is 5.97 Å². The third-order valence-corrected chi connectivity index (χ3v) is 2.99. The number of carbonyl (C=O) groups excluding carboxylic acids is 1. The standard InChI is InChI=1S/C13H21N3O3/c1-3-12(17)16(9-10(2)13(18)19)7-4-11-8-14-5-6-15-11/h3,9,11,14-15H,1,4-8H2,2H3,(H,18,19). The number of amides is 1. The van der Waals surface area contributed by atoms with Crippen LogP contribution in [-0.2, 0) is 9.59 Å². The Hall–Kier alpha value is -1.66. The van der Waals surface area contributed by atoms with Gasteiger partial charge < -0.3 is 20.6 Å². The Morgan fingerprint density at radius 2 is 2.21 bits per heavy atom. The van der Waals surface area contributed by atoms with Gasteiger partial charge in [-0.15, -0.1) is 0 Å². The molecule has 0 saturated carbocycles. The van der Waals surface area contributed by atoms with Crippen molar-refractivity contribution in [1.29, 1.82) is 0 Å². The van der Waals surface area contributed by atoms with E-state index in [0.29, 0.717) is 12.6 Å². The molecule has 1 atom stereocenters. The van der Waals surface area contributed by atoms with Crippen LogP contribution in [-0.4, -0.2) is 54.1 Å². The van der Waals surface area contributed by atoms with Crippen molar-refractivity contribution in [2.24, 2.45) is 0 Å². The normalized spacial score (nSPS) is 19.8. The molecule has 1 unspecified atom stereocenters. The van der Waals surface area contributed by atoms with Crippen LogP contribution in [0.5, 0.6) is 0 Å². The predicted molar refractivity (Wildman–Crippen MR) is 72.6 cm³/mol. The van der Waals surface area contributed by atoms with E-state index in [-0.39, 0.29) is 11.5 Å². The highest BCUT2D eigenvalue weighted by Crippen LogP contribution is 2.04. The number of rotatable bonds is 6. The zero-order chi connectivity index (χ0) is 14.3. The number of nitrogens with one attached hydrogen (secondary N) is 2. The summed E-state index contributed by atoms with van der Waals surface area (Å²) in [6.07, 6.45) is 3.32. The molecule has 1 aliphatic rings. The van der Waals surface area contributed by atoms with Crippen LogP contribution in [0.25, 0.3) is 0 Å². The van der Waals surface area contributed by atoms with Gasteiger partial charge in [0.25, 0.3) is 0 Å². The van der Waals surface area contributed by atoms with Crippen molar-refractivity contribution in [3.05, 3.63) is 24.4 Å². The van der Waals surface area contributed by atoms with E-state index in [1.54, 1.807) is 0 Å². The first-order chi connectivity index (χ1) is 9.04. The fourth-order valence-corrected chi connectivity index (χ4v) is 1.86. The van der Waals surface area contributed by atoms with Gasteiger partial charge in [-0.2, -0.15) is 0 Å². The third-order valence-electron chi connectivity index (χ3n) is 2.99. The minimum atomic E-state index is -1.03. The minimum absolute atomic E-state index is 0.130. The molecule has 19 heavy (non-hydrogen) atoms. The van der Waals surface area contributed by atoms with Crippen molar-refractivity contribution in [2.75, 3.05) is 26.2 Å². The number of hydrogen-bond donors (Lipinski definition) is 3. The summed E-state index contributed by atoms with van der Waals surface area (Å²) in [5.41, 5.74) is 0.130. The third kappa shape index (κ3) is 5.23. The van der Waals surface area contributed by atoms with Gasteiger partial charge in [-0.3, -0.25) is 4.79 Å². The van der Waals surface area contributed by atoms with E-state index in [9.17, 15) is 9.59 Å². The Bertz CT molecular complexity index is 373. The van der Waals surface area contributed by atoms with Crippen molar-refractivity contribution < 1.29 is 14.7 Å². The van der Waals surface area contributed by atoms with E-state index in [0.717, 1.165) is 26.1 Å². The highest BCUT2D eigenvalue weighted by Gasteiger charge is 2.15. The summed E-state index contributed by atoms with van der Waals surface area (Å²) in [4.78, 5) is 23.9. The molecule has 0 bridgehead atoms. The molecule has 1 fully saturated rings. The van der Waals surface area contributed by atoms with Gasteiger partial charge in [-0.1, -0.05) is 6.58 Å². The molecule has 3 N–H and O–H groups in total. The molecule has 106 valence electrons. The monoisotopic (exact) mass is 267 g/mol. The first-order valence-corrected chi connectivity index (χ1v) is 6.33. The smallest absolute Gasteiger partial charge is 0.332 e. The molecule has 0 aromatic rings. The maximum Gasteiger partial charge on any atom is 0.332 e. The van der Waals surface area contributed by atoms with Crippen molar-refractivity contribution in [2.45, 2.75) is 19.4 Å². The highest BCUT2D eigenvalue weighted by atomic mass is 16.4. The maximum absolute atomic E-state index is 11.7. The Kier molecular flexibility index (Phi) is 6.24. The van der Waals surface area contributed by atoms with Crippen molar-refractivity contribution >= 4 is 11.9 Å². The molecular weight excluding hydrogens is 246 g/mol. The number of carboxylic acids is 1. The predicted octanol–water partition coefficient (Wildman–Crippen LogP) is -0.0591. The molecule has 0 aliphatic carbocycles. The lowest BCUT2D eigenvalue weighted by Gasteiger charge is -2.26. The average Bonchev–Trinajstić information content (AvgIpc) is 2.43. The second-order valence-corrected chi connectivity index (χ2v) is 4.50. The Morgan fingerprint density at radius 3 is 2.74 bits per heavy atom. The lowest BCUT2D eigenvalue weighted by molar-refractivity contribution is -0.132. The number of piperazine rings is 1. The van der Waals surface area contributed by atoms with E-state index in [4.69, 9.17) is 5.11 Å². The van der Waals surface area contributed by atoms with E-state index >= 15 is 0 Å². The van der Waals surface area contributed by atoms with Gasteiger partial charge in [0.1, 0.15) is 0 Å². The van der Waals surface area contributed by atoms with Gasteiger partial charge in [0.2, 0.25) is 5.91 Å². The maximum atomic E-state index is 11.7. The topological polar surface area (TPSA) is 81.7 Å². The van der Waals surface area contributed by atoms with Crippen LogP contribution >= 0.6 is 0 Å². The van der Waals surface area contributed by atoms with Crippen molar-refractivity contribution in [1.82, 2.24) is 15.5 Å². The summed E-state index contributed by atoms with van der Waals surface area (Å²) < 4.78 is 0. The fraction of sp³-hybridized carbons (Fsp3) is 0.538. The van der Waals surface area contributed by atoms with E-state index in [1.807, 2.05) is 0 Å². The Labute approximate surface area is 113 Å². The summed E-state index contributed by atoms with van der Waals surface area (Å²) >= 11 is 0. The number of carboxylic acid groups (broad SMARTS) is 1. The first-order valence-electron chi connectivity index (χ1n) is 6.33. The van der Waals surface area contributed by atoms with Gasteiger partial charge in [0.15, 0.2) is 0 Å². The average molecular weight is 267 g/mol. The summed E-state index contributed by atoms with van der Waals surface area (Å²) in [7, 11) is 0. The van der Waals surface area contributed by atoms with Gasteiger partial charge in [-0.25, -0.2) is 4.79 Å². The zero-order valence-electron chi connectivity index (χ0n) is 11.2. The van der Waals surface area contributed by atoms with Crippen LogP contribution < -0.4 is 10.6 Å². The molecule has 1 aliphatic heterocycles. The van der Waals surface area contributed by atoms with Crippen LogP contribution in [0, 0.1) is 0 Å². The highest BCUT2D eigenvalue weighted by molar-refractivity contribution is 5.90. The SMILES string of the molecule is C=CC(=O)N(C=C(C)C(=O)O)CCC1CNCCN1. The molecule has 6 heteroatoms. The van der Waals surface area contributed by atoms with Crippen LogP contribution in [0.3, 0.4) is 0 Å². The first kappa shape index (κ1) is 15.4. The number of nitrogens with zero attached hydrogens (tertiary/aromatic N) is 1. The molecule has 0 radical (unpaired) electrons. The van der Waals surface area contributed by atoms with Crippen molar-refractivity contribution in [3.8, 4) is 0 Å². The molecule has 1 amide bonds.